The van der Waals surface area contributed by atoms with Crippen molar-refractivity contribution in [3.8, 4) is 11.3 Å². The lowest BCUT2D eigenvalue weighted by Gasteiger charge is -2.34. The largest absolute Gasteiger partial charge is 0.336 e. The van der Waals surface area contributed by atoms with Gasteiger partial charge in [-0.1, -0.05) is 40.9 Å². The number of nitrogens with zero attached hydrogens (tertiary/aromatic N) is 4. The van der Waals surface area contributed by atoms with Crippen LogP contribution in [0.25, 0.3) is 16.9 Å². The summed E-state index contributed by atoms with van der Waals surface area (Å²) in [5.41, 5.74) is 5.19. The fourth-order valence-corrected chi connectivity index (χ4v) is 5.66. The van der Waals surface area contributed by atoms with Crippen molar-refractivity contribution in [1.29, 1.82) is 0 Å². The van der Waals surface area contributed by atoms with E-state index in [1.165, 1.54) is 0 Å². The lowest BCUT2D eigenvalue weighted by Crippen LogP contribution is -2.48. The third kappa shape index (κ3) is 5.81. The van der Waals surface area contributed by atoms with Crippen LogP contribution in [-0.4, -0.2) is 65.9 Å². The maximum absolute atomic E-state index is 13.0. The molecule has 11 heteroatoms. The molecule has 2 aromatic heterocycles. The Morgan fingerprint density at radius 3 is 2.37 bits per heavy atom. The smallest absolute Gasteiger partial charge is 0.253 e. The van der Waals surface area contributed by atoms with Gasteiger partial charge in [-0.25, -0.2) is 13.4 Å². The van der Waals surface area contributed by atoms with Crippen LogP contribution in [0, 0.1) is 6.92 Å². The maximum atomic E-state index is 13.0. The number of halogens is 2. The van der Waals surface area contributed by atoms with E-state index in [0.29, 0.717) is 65.4 Å². The van der Waals surface area contributed by atoms with Crippen molar-refractivity contribution in [2.24, 2.45) is 0 Å². The van der Waals surface area contributed by atoms with Crippen molar-refractivity contribution in [2.45, 2.75) is 13.5 Å². The number of fused-ring (bicyclic) bond motifs is 1. The molecule has 1 N–H and O–H groups in total. The van der Waals surface area contributed by atoms with E-state index in [4.69, 9.17) is 28.2 Å². The summed E-state index contributed by atoms with van der Waals surface area (Å²) < 4.78 is 28.1. The summed E-state index contributed by atoms with van der Waals surface area (Å²) in [4.78, 5) is 21.9. The number of amides is 1. The van der Waals surface area contributed by atoms with Crippen LogP contribution in [-0.2, 0) is 16.6 Å². The molecule has 5 rings (SSSR count). The monoisotopic (exact) mass is 571 g/mol. The predicted octanol–water partition coefficient (Wildman–Crippen LogP) is 4.95. The average Bonchev–Trinajstić information content (AvgIpc) is 3.21. The van der Waals surface area contributed by atoms with Gasteiger partial charge >= 0.3 is 0 Å². The van der Waals surface area contributed by atoms with E-state index < -0.39 is 10.0 Å². The lowest BCUT2D eigenvalue weighted by atomic mass is 10.1. The van der Waals surface area contributed by atoms with Crippen molar-refractivity contribution >= 4 is 50.5 Å². The van der Waals surface area contributed by atoms with Gasteiger partial charge in [-0.15, -0.1) is 0 Å². The van der Waals surface area contributed by atoms with Crippen LogP contribution < -0.4 is 4.72 Å². The summed E-state index contributed by atoms with van der Waals surface area (Å²) in [7, 11) is -3.45. The molecule has 0 spiro atoms. The molecule has 0 radical (unpaired) electrons. The second-order valence-corrected chi connectivity index (χ2v) is 12.1. The summed E-state index contributed by atoms with van der Waals surface area (Å²) in [6, 6.07) is 16.4. The molecular weight excluding hydrogens is 545 g/mol. The fourth-order valence-electron chi connectivity index (χ4n) is 4.62. The number of anilines is 1. The Bertz CT molecular complexity index is 1610. The van der Waals surface area contributed by atoms with E-state index in [1.807, 2.05) is 46.6 Å². The molecule has 2 aromatic carbocycles. The fraction of sp³-hybridized carbons (Fsp3) is 0.259. The first-order valence-electron chi connectivity index (χ1n) is 12.1. The van der Waals surface area contributed by atoms with Crippen LogP contribution in [0.4, 0.5) is 5.69 Å². The molecule has 0 saturated carbocycles. The zero-order valence-electron chi connectivity index (χ0n) is 21.0. The van der Waals surface area contributed by atoms with E-state index >= 15 is 0 Å². The van der Waals surface area contributed by atoms with Crippen molar-refractivity contribution in [1.82, 2.24) is 19.2 Å². The van der Waals surface area contributed by atoms with Gasteiger partial charge in [-0.3, -0.25) is 18.8 Å². The van der Waals surface area contributed by atoms with E-state index in [0.717, 1.165) is 23.1 Å². The molecule has 198 valence electrons. The zero-order valence-corrected chi connectivity index (χ0v) is 23.3. The highest BCUT2D eigenvalue weighted by molar-refractivity contribution is 7.92. The van der Waals surface area contributed by atoms with E-state index in [1.54, 1.807) is 30.5 Å². The quantitative estimate of drug-likeness (QED) is 0.354. The summed E-state index contributed by atoms with van der Waals surface area (Å²) in [5, 5.41) is 1.00. The Kier molecular flexibility index (Phi) is 7.37. The van der Waals surface area contributed by atoms with E-state index in [9.17, 15) is 13.2 Å². The van der Waals surface area contributed by atoms with Gasteiger partial charge in [-0.05, 0) is 49.4 Å². The normalized spacial score (nSPS) is 14.7. The predicted molar refractivity (Wildman–Crippen MR) is 151 cm³/mol. The lowest BCUT2D eigenvalue weighted by molar-refractivity contribution is 0.0627. The Morgan fingerprint density at radius 1 is 1.00 bits per heavy atom. The number of imidazole rings is 1. The summed E-state index contributed by atoms with van der Waals surface area (Å²) in [5.74, 6) is 0.0320. The number of carbonyl (C=O) groups is 1. The molecule has 1 amide bonds. The number of piperazine rings is 1. The summed E-state index contributed by atoms with van der Waals surface area (Å²) in [6.45, 7) is 5.09. The Labute approximate surface area is 231 Å². The third-order valence-electron chi connectivity index (χ3n) is 6.54. The minimum atomic E-state index is -3.45. The Balaban J connectivity index is 1.44. The highest BCUT2D eigenvalue weighted by Gasteiger charge is 2.25. The number of aryl methyl sites for hydroxylation is 1. The molecule has 3 heterocycles. The Morgan fingerprint density at radius 2 is 1.71 bits per heavy atom. The van der Waals surface area contributed by atoms with E-state index in [-0.39, 0.29) is 5.91 Å². The first-order chi connectivity index (χ1) is 18.1. The molecule has 8 nitrogen and oxygen atoms in total. The molecule has 0 bridgehead atoms. The maximum Gasteiger partial charge on any atom is 0.253 e. The van der Waals surface area contributed by atoms with Crippen LogP contribution in [0.2, 0.25) is 10.0 Å². The van der Waals surface area contributed by atoms with E-state index in [2.05, 4.69) is 9.62 Å². The number of rotatable bonds is 6. The van der Waals surface area contributed by atoms with Crippen LogP contribution in [0.15, 0.2) is 60.8 Å². The number of sulfonamides is 1. The standard InChI is InChI=1S/C27H27Cl2N5O3S/c1-18-3-5-19(6-4-18)27(35)33-13-11-32(12-14-33)17-24-26(22-9-7-20(28)15-23(22)29)30-25-10-8-21(16-34(24)25)31-38(2,36)37/h3-10,15-16,31H,11-14,17H2,1-2H3. The van der Waals surface area contributed by atoms with Gasteiger partial charge in [0.25, 0.3) is 5.91 Å². The third-order valence-corrected chi connectivity index (χ3v) is 7.69. The first-order valence-corrected chi connectivity index (χ1v) is 14.7. The molecule has 0 aliphatic carbocycles. The van der Waals surface area contributed by atoms with Crippen molar-refractivity contribution in [3.63, 3.8) is 0 Å². The number of benzene rings is 2. The number of nitrogens with one attached hydrogen (secondary N) is 1. The molecule has 4 aromatic rings. The van der Waals surface area contributed by atoms with Gasteiger partial charge in [0.2, 0.25) is 10.0 Å². The average molecular weight is 573 g/mol. The SMILES string of the molecule is Cc1ccc(C(=O)N2CCN(Cc3c(-c4ccc(Cl)cc4Cl)nc4ccc(NS(C)(=O)=O)cn34)CC2)cc1. The van der Waals surface area contributed by atoms with Crippen LogP contribution >= 0.6 is 23.2 Å². The zero-order chi connectivity index (χ0) is 27.0. The van der Waals surface area contributed by atoms with Gasteiger partial charge in [-0.2, -0.15) is 0 Å². The van der Waals surface area contributed by atoms with Crippen molar-refractivity contribution in [2.75, 3.05) is 37.2 Å². The molecule has 0 unspecified atom stereocenters. The highest BCUT2D eigenvalue weighted by atomic mass is 35.5. The highest BCUT2D eigenvalue weighted by Crippen LogP contribution is 2.34. The van der Waals surface area contributed by atoms with Crippen molar-refractivity contribution in [3.05, 3.63) is 87.7 Å². The van der Waals surface area contributed by atoms with Gasteiger partial charge < -0.3 is 4.90 Å². The first kappa shape index (κ1) is 26.5. The van der Waals surface area contributed by atoms with Gasteiger partial charge in [0.05, 0.1) is 28.4 Å². The second-order valence-electron chi connectivity index (χ2n) is 9.49. The van der Waals surface area contributed by atoms with Gasteiger partial charge in [0.1, 0.15) is 5.65 Å². The molecule has 1 fully saturated rings. The van der Waals surface area contributed by atoms with Crippen LogP contribution in [0.3, 0.4) is 0 Å². The molecule has 38 heavy (non-hydrogen) atoms. The molecule has 0 atom stereocenters. The topological polar surface area (TPSA) is 87.0 Å². The van der Waals surface area contributed by atoms with Crippen LogP contribution in [0.5, 0.6) is 0 Å². The molecule has 1 aliphatic heterocycles. The van der Waals surface area contributed by atoms with Gasteiger partial charge in [0.15, 0.2) is 0 Å². The van der Waals surface area contributed by atoms with Gasteiger partial charge in [0, 0.05) is 55.1 Å². The molecule has 1 saturated heterocycles. The molecule has 1 aliphatic rings. The second kappa shape index (κ2) is 10.6. The number of pyridine rings is 1. The number of hydrogen-bond acceptors (Lipinski definition) is 5. The molecular formula is C27H27Cl2N5O3S. The summed E-state index contributed by atoms with van der Waals surface area (Å²) >= 11 is 12.7. The number of aromatic nitrogens is 2. The van der Waals surface area contributed by atoms with Crippen molar-refractivity contribution < 1.29 is 13.2 Å². The minimum absolute atomic E-state index is 0.0320. The minimum Gasteiger partial charge on any atom is -0.336 e. The number of hydrogen-bond donors (Lipinski definition) is 1. The number of carbonyl (C=O) groups excluding carboxylic acids is 1. The Hall–Kier alpha value is -3.11. The van der Waals surface area contributed by atoms with Crippen LogP contribution in [0.1, 0.15) is 21.6 Å². The summed E-state index contributed by atoms with van der Waals surface area (Å²) in [6.07, 6.45) is 2.84.